The SMILES string of the molecule is CC(=O)OC1CCCCc2c([N+](=O)[O-])ccnc21. The Kier molecular flexibility index (Phi) is 3.55. The number of carbonyl (C=O) groups is 1. The lowest BCUT2D eigenvalue weighted by Gasteiger charge is -2.16. The normalized spacial score (nSPS) is 18.6. The molecule has 0 fully saturated rings. The average Bonchev–Trinajstić information content (AvgIpc) is 2.51. The Balaban J connectivity index is 2.45. The maximum atomic E-state index is 11.1. The maximum Gasteiger partial charge on any atom is 0.303 e. The highest BCUT2D eigenvalue weighted by atomic mass is 16.6. The fourth-order valence-electron chi connectivity index (χ4n) is 2.29. The second-order valence-corrected chi connectivity index (χ2v) is 4.29. The van der Waals surface area contributed by atoms with Gasteiger partial charge in [-0.25, -0.2) is 0 Å². The molecule has 0 spiro atoms. The Hall–Kier alpha value is -1.98. The van der Waals surface area contributed by atoms with Gasteiger partial charge in [0.05, 0.1) is 16.2 Å². The van der Waals surface area contributed by atoms with Crippen molar-refractivity contribution in [3.8, 4) is 0 Å². The van der Waals surface area contributed by atoms with E-state index in [1.807, 2.05) is 0 Å². The summed E-state index contributed by atoms with van der Waals surface area (Å²) in [6.07, 6.45) is 3.93. The van der Waals surface area contributed by atoms with Crippen LogP contribution in [-0.2, 0) is 16.0 Å². The van der Waals surface area contributed by atoms with Gasteiger partial charge in [0.2, 0.25) is 0 Å². The summed E-state index contributed by atoms with van der Waals surface area (Å²) in [5, 5.41) is 11.0. The third kappa shape index (κ3) is 2.47. The second kappa shape index (κ2) is 5.12. The molecule has 0 N–H and O–H groups in total. The van der Waals surface area contributed by atoms with E-state index in [0.29, 0.717) is 24.1 Å². The van der Waals surface area contributed by atoms with Crippen molar-refractivity contribution in [2.75, 3.05) is 0 Å². The van der Waals surface area contributed by atoms with Crippen LogP contribution in [0.5, 0.6) is 0 Å². The van der Waals surface area contributed by atoms with Crippen LogP contribution in [-0.4, -0.2) is 15.9 Å². The number of esters is 1. The van der Waals surface area contributed by atoms with Crippen molar-refractivity contribution in [1.82, 2.24) is 4.98 Å². The molecule has 0 saturated carbocycles. The number of hydrogen-bond donors (Lipinski definition) is 0. The fraction of sp³-hybridized carbons (Fsp3) is 0.500. The second-order valence-electron chi connectivity index (χ2n) is 4.29. The summed E-state index contributed by atoms with van der Waals surface area (Å²) in [7, 11) is 0. The van der Waals surface area contributed by atoms with Crippen LogP contribution in [0.15, 0.2) is 12.3 Å². The standard InChI is InChI=1S/C12H14N2O4/c1-8(15)18-11-5-3-2-4-9-10(14(16)17)6-7-13-12(9)11/h6-7,11H,2-5H2,1H3. The topological polar surface area (TPSA) is 82.3 Å². The van der Waals surface area contributed by atoms with E-state index in [4.69, 9.17) is 4.74 Å². The molecule has 6 heteroatoms. The van der Waals surface area contributed by atoms with Crippen molar-refractivity contribution in [2.24, 2.45) is 0 Å². The van der Waals surface area contributed by atoms with Gasteiger partial charge in [0.15, 0.2) is 0 Å². The number of pyridine rings is 1. The highest BCUT2D eigenvalue weighted by Gasteiger charge is 2.28. The van der Waals surface area contributed by atoms with Crippen molar-refractivity contribution in [1.29, 1.82) is 0 Å². The van der Waals surface area contributed by atoms with E-state index in [-0.39, 0.29) is 11.7 Å². The first-order valence-corrected chi connectivity index (χ1v) is 5.89. The lowest BCUT2D eigenvalue weighted by Crippen LogP contribution is -2.11. The monoisotopic (exact) mass is 250 g/mol. The molecule has 0 amide bonds. The molecule has 0 radical (unpaired) electrons. The highest BCUT2D eigenvalue weighted by Crippen LogP contribution is 2.34. The molecule has 0 bridgehead atoms. The van der Waals surface area contributed by atoms with Crippen molar-refractivity contribution in [3.63, 3.8) is 0 Å². The molecule has 0 aliphatic heterocycles. The minimum absolute atomic E-state index is 0.0686. The molecule has 1 aromatic rings. The zero-order chi connectivity index (χ0) is 13.1. The van der Waals surface area contributed by atoms with Crippen LogP contribution < -0.4 is 0 Å². The molecule has 1 aliphatic rings. The molecule has 2 rings (SSSR count). The Bertz CT molecular complexity index is 487. The van der Waals surface area contributed by atoms with Gasteiger partial charge in [0.1, 0.15) is 6.10 Å². The van der Waals surface area contributed by atoms with Gasteiger partial charge in [-0.05, 0) is 25.7 Å². The molecule has 96 valence electrons. The van der Waals surface area contributed by atoms with Crippen molar-refractivity contribution >= 4 is 11.7 Å². The molecular formula is C12H14N2O4. The number of ether oxygens (including phenoxy) is 1. The summed E-state index contributed by atoms with van der Waals surface area (Å²) in [6, 6.07) is 1.40. The van der Waals surface area contributed by atoms with Crippen LogP contribution in [0.3, 0.4) is 0 Å². The molecule has 1 atom stereocenters. The Labute approximate surface area is 104 Å². The molecule has 1 aliphatic carbocycles. The summed E-state index contributed by atoms with van der Waals surface area (Å²) >= 11 is 0. The van der Waals surface area contributed by atoms with Crippen LogP contribution >= 0.6 is 0 Å². The number of nitro groups is 1. The van der Waals surface area contributed by atoms with E-state index in [1.165, 1.54) is 19.2 Å². The van der Waals surface area contributed by atoms with Gasteiger partial charge in [0.25, 0.3) is 5.69 Å². The van der Waals surface area contributed by atoms with E-state index in [0.717, 1.165) is 12.8 Å². The van der Waals surface area contributed by atoms with Gasteiger partial charge in [-0.2, -0.15) is 0 Å². The first-order chi connectivity index (χ1) is 8.59. The summed E-state index contributed by atoms with van der Waals surface area (Å²) in [6.45, 7) is 1.34. The van der Waals surface area contributed by atoms with Gasteiger partial charge >= 0.3 is 5.97 Å². The number of nitrogens with zero attached hydrogens (tertiary/aromatic N) is 2. The van der Waals surface area contributed by atoms with E-state index >= 15 is 0 Å². The predicted octanol–water partition coefficient (Wildman–Crippen LogP) is 2.32. The minimum atomic E-state index is -0.458. The molecular weight excluding hydrogens is 236 g/mol. The van der Waals surface area contributed by atoms with Gasteiger partial charge in [-0.15, -0.1) is 0 Å². The van der Waals surface area contributed by atoms with Crippen molar-refractivity contribution in [3.05, 3.63) is 33.6 Å². The predicted molar refractivity (Wildman–Crippen MR) is 63.0 cm³/mol. The molecule has 1 aromatic heterocycles. The minimum Gasteiger partial charge on any atom is -0.456 e. The molecule has 1 heterocycles. The zero-order valence-electron chi connectivity index (χ0n) is 10.1. The first-order valence-electron chi connectivity index (χ1n) is 5.89. The summed E-state index contributed by atoms with van der Waals surface area (Å²) < 4.78 is 5.21. The van der Waals surface area contributed by atoms with E-state index < -0.39 is 11.0 Å². The maximum absolute atomic E-state index is 11.1. The first kappa shape index (κ1) is 12.5. The summed E-state index contributed by atoms with van der Waals surface area (Å²) in [5.74, 6) is -0.388. The lowest BCUT2D eigenvalue weighted by atomic mass is 10.1. The van der Waals surface area contributed by atoms with Crippen molar-refractivity contribution in [2.45, 2.75) is 38.7 Å². The van der Waals surface area contributed by atoms with Gasteiger partial charge in [-0.3, -0.25) is 19.9 Å². The number of carbonyl (C=O) groups excluding carboxylic acids is 1. The Morgan fingerprint density at radius 1 is 1.56 bits per heavy atom. The van der Waals surface area contributed by atoms with Gasteiger partial charge < -0.3 is 4.74 Å². The van der Waals surface area contributed by atoms with Crippen LogP contribution in [0.2, 0.25) is 0 Å². The molecule has 1 unspecified atom stereocenters. The van der Waals surface area contributed by atoms with E-state index in [2.05, 4.69) is 4.98 Å². The molecule has 0 aromatic carbocycles. The highest BCUT2D eigenvalue weighted by molar-refractivity contribution is 5.66. The largest absolute Gasteiger partial charge is 0.456 e. The van der Waals surface area contributed by atoms with E-state index in [1.54, 1.807) is 0 Å². The van der Waals surface area contributed by atoms with Crippen LogP contribution in [0.1, 0.15) is 43.5 Å². The average molecular weight is 250 g/mol. The summed E-state index contributed by atoms with van der Waals surface area (Å²) in [5.41, 5.74) is 1.21. The van der Waals surface area contributed by atoms with Crippen molar-refractivity contribution < 1.29 is 14.5 Å². The Morgan fingerprint density at radius 3 is 3.00 bits per heavy atom. The molecule has 6 nitrogen and oxygen atoms in total. The van der Waals surface area contributed by atoms with Crippen LogP contribution in [0.4, 0.5) is 5.69 Å². The third-order valence-electron chi connectivity index (χ3n) is 3.02. The number of rotatable bonds is 2. The summed E-state index contributed by atoms with van der Waals surface area (Å²) in [4.78, 5) is 25.8. The smallest absolute Gasteiger partial charge is 0.303 e. The van der Waals surface area contributed by atoms with Gasteiger partial charge in [0, 0.05) is 19.2 Å². The molecule has 0 saturated heterocycles. The van der Waals surface area contributed by atoms with Crippen LogP contribution in [0, 0.1) is 10.1 Å². The molecule has 18 heavy (non-hydrogen) atoms. The number of aromatic nitrogens is 1. The zero-order valence-corrected chi connectivity index (χ0v) is 10.1. The third-order valence-corrected chi connectivity index (χ3v) is 3.02. The van der Waals surface area contributed by atoms with Crippen LogP contribution in [0.25, 0.3) is 0 Å². The fourth-order valence-corrected chi connectivity index (χ4v) is 2.29. The Morgan fingerprint density at radius 2 is 2.33 bits per heavy atom. The lowest BCUT2D eigenvalue weighted by molar-refractivity contribution is -0.385. The van der Waals surface area contributed by atoms with E-state index in [9.17, 15) is 14.9 Å². The van der Waals surface area contributed by atoms with Gasteiger partial charge in [-0.1, -0.05) is 0 Å². The number of fused-ring (bicyclic) bond motifs is 1. The number of hydrogen-bond acceptors (Lipinski definition) is 5. The quantitative estimate of drug-likeness (QED) is 0.348.